The number of carbonyl (C=O) groups is 2. The van der Waals surface area contributed by atoms with E-state index in [2.05, 4.69) is 25.9 Å². The number of primary amides is 1. The lowest BCUT2D eigenvalue weighted by Gasteiger charge is -2.33. The SMILES string of the molecule is CNC(=O)c1cc(Nc2nc(NCC3(N)CCCCC3)[nH]c(=O)c2C(N)=O)ccc1F. The van der Waals surface area contributed by atoms with E-state index >= 15 is 0 Å². The van der Waals surface area contributed by atoms with Gasteiger partial charge in [-0.3, -0.25) is 19.4 Å². The quantitative estimate of drug-likeness (QED) is 0.382. The number of nitrogens with one attached hydrogen (secondary N) is 4. The van der Waals surface area contributed by atoms with Crippen LogP contribution in [0.2, 0.25) is 0 Å². The molecule has 1 aromatic heterocycles. The highest BCUT2D eigenvalue weighted by Crippen LogP contribution is 2.26. The normalized spacial score (nSPS) is 15.2. The minimum atomic E-state index is -0.987. The van der Waals surface area contributed by atoms with Crippen LogP contribution in [0.3, 0.4) is 0 Å². The van der Waals surface area contributed by atoms with Gasteiger partial charge in [-0.05, 0) is 31.0 Å². The van der Waals surface area contributed by atoms with Crippen LogP contribution in [-0.2, 0) is 0 Å². The number of anilines is 3. The van der Waals surface area contributed by atoms with Gasteiger partial charge in [-0.2, -0.15) is 4.98 Å². The van der Waals surface area contributed by atoms with Gasteiger partial charge in [-0.1, -0.05) is 19.3 Å². The van der Waals surface area contributed by atoms with Crippen LogP contribution in [-0.4, -0.2) is 40.9 Å². The molecule has 11 heteroatoms. The van der Waals surface area contributed by atoms with Gasteiger partial charge in [-0.15, -0.1) is 0 Å². The van der Waals surface area contributed by atoms with E-state index in [0.29, 0.717) is 6.54 Å². The van der Waals surface area contributed by atoms with Gasteiger partial charge < -0.3 is 27.4 Å². The number of H-pyrrole nitrogens is 1. The van der Waals surface area contributed by atoms with Gasteiger partial charge in [0.25, 0.3) is 17.4 Å². The fourth-order valence-electron chi connectivity index (χ4n) is 3.62. The Labute approximate surface area is 178 Å². The number of nitrogens with zero attached hydrogens (tertiary/aromatic N) is 1. The number of aromatic amines is 1. The Morgan fingerprint density at radius 3 is 2.61 bits per heavy atom. The lowest BCUT2D eigenvalue weighted by Crippen LogP contribution is -2.48. The van der Waals surface area contributed by atoms with Crippen LogP contribution in [0.25, 0.3) is 0 Å². The predicted octanol–water partition coefficient (Wildman–Crippen LogP) is 1.18. The minimum absolute atomic E-state index is 0.113. The van der Waals surface area contributed by atoms with Crippen molar-refractivity contribution in [1.29, 1.82) is 0 Å². The third-order valence-corrected chi connectivity index (χ3v) is 5.32. The number of hydrogen-bond donors (Lipinski definition) is 6. The summed E-state index contributed by atoms with van der Waals surface area (Å²) in [6.07, 6.45) is 4.92. The summed E-state index contributed by atoms with van der Waals surface area (Å²) in [5.74, 6) is -2.34. The third-order valence-electron chi connectivity index (χ3n) is 5.32. The van der Waals surface area contributed by atoms with Crippen LogP contribution in [0.5, 0.6) is 0 Å². The molecule has 1 aliphatic carbocycles. The van der Waals surface area contributed by atoms with Crippen molar-refractivity contribution in [2.24, 2.45) is 11.5 Å². The first-order chi connectivity index (χ1) is 14.7. The fourth-order valence-corrected chi connectivity index (χ4v) is 3.62. The van der Waals surface area contributed by atoms with E-state index in [0.717, 1.165) is 38.2 Å². The second-order valence-corrected chi connectivity index (χ2v) is 7.68. The Morgan fingerprint density at radius 1 is 1.26 bits per heavy atom. The molecule has 2 aromatic rings. The highest BCUT2D eigenvalue weighted by atomic mass is 19.1. The van der Waals surface area contributed by atoms with Crippen molar-refractivity contribution in [3.63, 3.8) is 0 Å². The van der Waals surface area contributed by atoms with Crippen molar-refractivity contribution in [3.05, 3.63) is 45.5 Å². The molecule has 0 aliphatic heterocycles. The average molecular weight is 431 g/mol. The molecule has 2 amide bonds. The maximum Gasteiger partial charge on any atom is 0.267 e. The largest absolute Gasteiger partial charge is 0.365 e. The number of carbonyl (C=O) groups excluding carboxylic acids is 2. The number of aromatic nitrogens is 2. The molecule has 31 heavy (non-hydrogen) atoms. The van der Waals surface area contributed by atoms with E-state index in [4.69, 9.17) is 11.5 Å². The van der Waals surface area contributed by atoms with Crippen molar-refractivity contribution < 1.29 is 14.0 Å². The molecule has 0 unspecified atom stereocenters. The molecule has 0 radical (unpaired) electrons. The molecule has 1 fully saturated rings. The van der Waals surface area contributed by atoms with E-state index in [1.807, 2.05) is 0 Å². The summed E-state index contributed by atoms with van der Waals surface area (Å²) in [7, 11) is 1.37. The number of benzene rings is 1. The van der Waals surface area contributed by atoms with E-state index < -0.39 is 34.3 Å². The van der Waals surface area contributed by atoms with Crippen molar-refractivity contribution in [2.45, 2.75) is 37.6 Å². The summed E-state index contributed by atoms with van der Waals surface area (Å²) in [4.78, 5) is 42.9. The van der Waals surface area contributed by atoms with Crippen LogP contribution in [0.4, 0.5) is 21.8 Å². The zero-order valence-corrected chi connectivity index (χ0v) is 17.2. The third kappa shape index (κ3) is 5.18. The predicted molar refractivity (Wildman–Crippen MR) is 115 cm³/mol. The van der Waals surface area contributed by atoms with Crippen molar-refractivity contribution in [1.82, 2.24) is 15.3 Å². The fraction of sp³-hybridized carbons (Fsp3) is 0.400. The summed E-state index contributed by atoms with van der Waals surface area (Å²) in [5, 5.41) is 8.15. The molecule has 10 nitrogen and oxygen atoms in total. The summed E-state index contributed by atoms with van der Waals surface area (Å²) >= 11 is 0. The summed E-state index contributed by atoms with van der Waals surface area (Å²) in [6.45, 7) is 0.392. The van der Waals surface area contributed by atoms with E-state index in [1.165, 1.54) is 19.2 Å². The molecule has 1 aromatic carbocycles. The smallest absolute Gasteiger partial charge is 0.267 e. The minimum Gasteiger partial charge on any atom is -0.365 e. The number of halogens is 1. The molecular weight excluding hydrogens is 405 g/mol. The lowest BCUT2D eigenvalue weighted by atomic mass is 9.82. The monoisotopic (exact) mass is 431 g/mol. The second kappa shape index (κ2) is 9.13. The number of hydrogen-bond acceptors (Lipinski definition) is 7. The van der Waals surface area contributed by atoms with Crippen LogP contribution in [0, 0.1) is 5.82 Å². The summed E-state index contributed by atoms with van der Waals surface area (Å²) in [6, 6.07) is 3.68. The first-order valence-corrected chi connectivity index (χ1v) is 9.98. The first kappa shape index (κ1) is 22.2. The van der Waals surface area contributed by atoms with Crippen molar-refractivity contribution >= 4 is 29.3 Å². The van der Waals surface area contributed by atoms with Gasteiger partial charge in [0.05, 0.1) is 5.56 Å². The molecule has 0 spiro atoms. The lowest BCUT2D eigenvalue weighted by molar-refractivity contribution is 0.0957. The van der Waals surface area contributed by atoms with Gasteiger partial charge in [0.15, 0.2) is 5.82 Å². The summed E-state index contributed by atoms with van der Waals surface area (Å²) < 4.78 is 13.9. The van der Waals surface area contributed by atoms with Gasteiger partial charge in [-0.25, -0.2) is 4.39 Å². The topological polar surface area (TPSA) is 168 Å². The average Bonchev–Trinajstić information content (AvgIpc) is 2.73. The molecule has 0 saturated heterocycles. The molecule has 0 atom stereocenters. The molecule has 8 N–H and O–H groups in total. The van der Waals surface area contributed by atoms with Crippen LogP contribution in [0.15, 0.2) is 23.0 Å². The van der Waals surface area contributed by atoms with Crippen LogP contribution < -0.4 is 33.0 Å². The van der Waals surface area contributed by atoms with Crippen LogP contribution >= 0.6 is 0 Å². The highest BCUT2D eigenvalue weighted by Gasteiger charge is 2.27. The van der Waals surface area contributed by atoms with Gasteiger partial charge in [0, 0.05) is 24.8 Å². The molecule has 3 rings (SSSR count). The molecule has 1 saturated carbocycles. The summed E-state index contributed by atoms with van der Waals surface area (Å²) in [5.41, 5.74) is 10.3. The maximum atomic E-state index is 13.9. The molecule has 166 valence electrons. The molecule has 1 heterocycles. The standard InChI is InChI=1S/C20H26FN7O3/c1-24-17(30)12-9-11(5-6-13(12)21)26-16-14(15(22)29)18(31)28-19(27-16)25-10-20(23)7-3-2-4-8-20/h5-6,9H,2-4,7-8,10,23H2,1H3,(H2,22,29)(H,24,30)(H3,25,26,27,28,31). The zero-order chi connectivity index (χ0) is 22.6. The zero-order valence-electron chi connectivity index (χ0n) is 17.2. The Morgan fingerprint density at radius 2 is 1.97 bits per heavy atom. The Kier molecular flexibility index (Phi) is 6.54. The Bertz CT molecular complexity index is 1050. The highest BCUT2D eigenvalue weighted by molar-refractivity contribution is 5.98. The first-order valence-electron chi connectivity index (χ1n) is 9.98. The van der Waals surface area contributed by atoms with E-state index in [1.54, 1.807) is 0 Å². The Balaban J connectivity index is 1.90. The Hall–Kier alpha value is -3.47. The van der Waals surface area contributed by atoms with Gasteiger partial charge in [0.1, 0.15) is 11.4 Å². The van der Waals surface area contributed by atoms with E-state index in [9.17, 15) is 18.8 Å². The number of rotatable bonds is 7. The van der Waals surface area contributed by atoms with Crippen molar-refractivity contribution in [3.8, 4) is 0 Å². The van der Waals surface area contributed by atoms with Gasteiger partial charge >= 0.3 is 0 Å². The molecule has 1 aliphatic rings. The number of amides is 2. The molecular formula is C20H26FN7O3. The molecule has 0 bridgehead atoms. The van der Waals surface area contributed by atoms with Crippen molar-refractivity contribution in [2.75, 3.05) is 24.2 Å². The second-order valence-electron chi connectivity index (χ2n) is 7.68. The number of nitrogens with two attached hydrogens (primary N) is 2. The maximum absolute atomic E-state index is 13.9. The van der Waals surface area contributed by atoms with Gasteiger partial charge in [0.2, 0.25) is 5.95 Å². The van der Waals surface area contributed by atoms with E-state index in [-0.39, 0.29) is 23.0 Å². The van der Waals surface area contributed by atoms with Crippen LogP contribution in [0.1, 0.15) is 52.8 Å².